The molecular formula is C9H11N3O. The zero-order chi connectivity index (χ0) is 9.68. The molecule has 0 spiro atoms. The Morgan fingerprint density at radius 3 is 3.08 bits per heavy atom. The maximum Gasteiger partial charge on any atom is 0.272 e. The fraction of sp³-hybridized carbons (Fsp3) is 0.333. The van der Waals surface area contributed by atoms with Gasteiger partial charge in [-0.1, -0.05) is 5.92 Å². The SMILES string of the molecule is C#CCN(CC)C(=O)c1ccn[nH]1. The highest BCUT2D eigenvalue weighted by Gasteiger charge is 2.13. The molecule has 0 saturated heterocycles. The lowest BCUT2D eigenvalue weighted by atomic mass is 10.3. The van der Waals surface area contributed by atoms with Crippen molar-refractivity contribution >= 4 is 5.91 Å². The van der Waals surface area contributed by atoms with Gasteiger partial charge in [0.2, 0.25) is 0 Å². The second-order valence-electron chi connectivity index (χ2n) is 2.49. The first-order valence-corrected chi connectivity index (χ1v) is 4.01. The van der Waals surface area contributed by atoms with Crippen molar-refractivity contribution in [3.63, 3.8) is 0 Å². The van der Waals surface area contributed by atoms with Crippen LogP contribution in [0.1, 0.15) is 17.4 Å². The van der Waals surface area contributed by atoms with Crippen molar-refractivity contribution in [1.82, 2.24) is 15.1 Å². The predicted molar refractivity (Wildman–Crippen MR) is 49.0 cm³/mol. The van der Waals surface area contributed by atoms with Crippen molar-refractivity contribution in [3.8, 4) is 12.3 Å². The number of H-pyrrole nitrogens is 1. The van der Waals surface area contributed by atoms with Crippen molar-refractivity contribution in [2.75, 3.05) is 13.1 Å². The van der Waals surface area contributed by atoms with Crippen LogP contribution in [-0.2, 0) is 0 Å². The molecule has 1 aromatic heterocycles. The van der Waals surface area contributed by atoms with E-state index in [-0.39, 0.29) is 5.91 Å². The molecule has 1 rings (SSSR count). The minimum Gasteiger partial charge on any atom is -0.326 e. The van der Waals surface area contributed by atoms with E-state index in [1.165, 1.54) is 6.20 Å². The number of terminal acetylenes is 1. The molecular weight excluding hydrogens is 166 g/mol. The first-order valence-electron chi connectivity index (χ1n) is 4.01. The van der Waals surface area contributed by atoms with Gasteiger partial charge in [-0.05, 0) is 13.0 Å². The summed E-state index contributed by atoms with van der Waals surface area (Å²) < 4.78 is 0. The van der Waals surface area contributed by atoms with Crippen LogP contribution >= 0.6 is 0 Å². The summed E-state index contributed by atoms with van der Waals surface area (Å²) in [6, 6.07) is 1.63. The summed E-state index contributed by atoms with van der Waals surface area (Å²) in [6.45, 7) is 2.81. The summed E-state index contributed by atoms with van der Waals surface area (Å²) in [7, 11) is 0. The Bertz CT molecular complexity index is 310. The van der Waals surface area contributed by atoms with Crippen molar-refractivity contribution < 1.29 is 4.79 Å². The van der Waals surface area contributed by atoms with E-state index in [0.717, 1.165) is 0 Å². The monoisotopic (exact) mass is 177 g/mol. The molecule has 0 bridgehead atoms. The second kappa shape index (κ2) is 4.31. The Labute approximate surface area is 76.9 Å². The van der Waals surface area contributed by atoms with Gasteiger partial charge in [-0.15, -0.1) is 6.42 Å². The predicted octanol–water partition coefficient (Wildman–Crippen LogP) is 0.505. The molecule has 1 amide bonds. The number of amides is 1. The quantitative estimate of drug-likeness (QED) is 0.684. The first-order chi connectivity index (χ1) is 6.29. The van der Waals surface area contributed by atoms with E-state index in [9.17, 15) is 4.79 Å². The average Bonchev–Trinajstić information content (AvgIpc) is 2.65. The van der Waals surface area contributed by atoms with Gasteiger partial charge in [0.05, 0.1) is 6.54 Å². The Balaban J connectivity index is 2.72. The van der Waals surface area contributed by atoms with Crippen molar-refractivity contribution in [2.45, 2.75) is 6.92 Å². The molecule has 4 nitrogen and oxygen atoms in total. The van der Waals surface area contributed by atoms with Crippen LogP contribution in [0.25, 0.3) is 0 Å². The summed E-state index contributed by atoms with van der Waals surface area (Å²) in [5.41, 5.74) is 0.470. The minimum atomic E-state index is -0.113. The van der Waals surface area contributed by atoms with E-state index >= 15 is 0 Å². The summed E-state index contributed by atoms with van der Waals surface area (Å²) in [4.78, 5) is 13.1. The largest absolute Gasteiger partial charge is 0.326 e. The molecule has 0 aliphatic rings. The number of hydrogen-bond donors (Lipinski definition) is 1. The Hall–Kier alpha value is -1.76. The molecule has 1 aromatic rings. The molecule has 0 atom stereocenters. The summed E-state index contributed by atoms with van der Waals surface area (Å²) in [6.07, 6.45) is 6.67. The van der Waals surface area contributed by atoms with Crippen LogP contribution in [-0.4, -0.2) is 34.1 Å². The van der Waals surface area contributed by atoms with Crippen molar-refractivity contribution in [1.29, 1.82) is 0 Å². The molecule has 0 unspecified atom stereocenters. The molecule has 1 heterocycles. The van der Waals surface area contributed by atoms with Crippen LogP contribution in [0, 0.1) is 12.3 Å². The zero-order valence-electron chi connectivity index (χ0n) is 7.45. The van der Waals surface area contributed by atoms with Gasteiger partial charge >= 0.3 is 0 Å². The Kier molecular flexibility index (Phi) is 3.09. The van der Waals surface area contributed by atoms with Crippen molar-refractivity contribution in [2.24, 2.45) is 0 Å². The van der Waals surface area contributed by atoms with Gasteiger partial charge in [-0.2, -0.15) is 5.10 Å². The van der Waals surface area contributed by atoms with Crippen LogP contribution in [0.3, 0.4) is 0 Å². The van der Waals surface area contributed by atoms with Crippen LogP contribution in [0.2, 0.25) is 0 Å². The van der Waals surface area contributed by atoms with Gasteiger partial charge in [0.15, 0.2) is 0 Å². The third-order valence-electron chi connectivity index (χ3n) is 1.68. The number of carbonyl (C=O) groups excluding carboxylic acids is 1. The van der Waals surface area contributed by atoms with Gasteiger partial charge in [0, 0.05) is 12.7 Å². The highest BCUT2D eigenvalue weighted by molar-refractivity contribution is 5.92. The molecule has 0 fully saturated rings. The number of aromatic nitrogens is 2. The maximum absolute atomic E-state index is 11.6. The van der Waals surface area contributed by atoms with E-state index < -0.39 is 0 Å². The summed E-state index contributed by atoms with van der Waals surface area (Å²) in [5.74, 6) is 2.32. The fourth-order valence-electron chi connectivity index (χ4n) is 0.983. The van der Waals surface area contributed by atoms with Gasteiger partial charge in [0.1, 0.15) is 5.69 Å². The number of hydrogen-bond acceptors (Lipinski definition) is 2. The average molecular weight is 177 g/mol. The smallest absolute Gasteiger partial charge is 0.272 e. The number of carbonyl (C=O) groups is 1. The number of nitrogens with zero attached hydrogens (tertiary/aromatic N) is 2. The van der Waals surface area contributed by atoms with E-state index in [4.69, 9.17) is 6.42 Å². The van der Waals surface area contributed by atoms with Gasteiger partial charge in [-0.25, -0.2) is 0 Å². The van der Waals surface area contributed by atoms with E-state index in [2.05, 4.69) is 16.1 Å². The first kappa shape index (κ1) is 9.33. The Morgan fingerprint density at radius 2 is 2.62 bits per heavy atom. The lowest BCUT2D eigenvalue weighted by Gasteiger charge is -2.16. The van der Waals surface area contributed by atoms with Gasteiger partial charge in [-0.3, -0.25) is 9.89 Å². The fourth-order valence-corrected chi connectivity index (χ4v) is 0.983. The van der Waals surface area contributed by atoms with Crippen LogP contribution in [0.4, 0.5) is 0 Å². The third kappa shape index (κ3) is 2.09. The van der Waals surface area contributed by atoms with E-state index in [1.807, 2.05) is 6.92 Å². The Morgan fingerprint density at radius 1 is 1.85 bits per heavy atom. The zero-order valence-corrected chi connectivity index (χ0v) is 7.45. The maximum atomic E-state index is 11.6. The summed E-state index contributed by atoms with van der Waals surface area (Å²) >= 11 is 0. The lowest BCUT2D eigenvalue weighted by molar-refractivity contribution is 0.0779. The number of nitrogens with one attached hydrogen (secondary N) is 1. The van der Waals surface area contributed by atoms with Crippen LogP contribution in [0.5, 0.6) is 0 Å². The van der Waals surface area contributed by atoms with Gasteiger partial charge < -0.3 is 4.90 Å². The molecule has 68 valence electrons. The highest BCUT2D eigenvalue weighted by Crippen LogP contribution is 1.99. The molecule has 0 saturated carbocycles. The number of rotatable bonds is 3. The molecule has 0 aromatic carbocycles. The summed E-state index contributed by atoms with van der Waals surface area (Å²) in [5, 5.41) is 6.30. The highest BCUT2D eigenvalue weighted by atomic mass is 16.2. The molecule has 1 N–H and O–H groups in total. The molecule has 4 heteroatoms. The minimum absolute atomic E-state index is 0.113. The molecule has 0 aliphatic heterocycles. The van der Waals surface area contributed by atoms with Gasteiger partial charge in [0.25, 0.3) is 5.91 Å². The molecule has 0 aliphatic carbocycles. The van der Waals surface area contributed by atoms with Crippen LogP contribution < -0.4 is 0 Å². The lowest BCUT2D eigenvalue weighted by Crippen LogP contribution is -2.31. The molecule has 13 heavy (non-hydrogen) atoms. The van der Waals surface area contributed by atoms with E-state index in [0.29, 0.717) is 18.8 Å². The second-order valence-corrected chi connectivity index (χ2v) is 2.49. The molecule has 0 radical (unpaired) electrons. The van der Waals surface area contributed by atoms with E-state index in [1.54, 1.807) is 11.0 Å². The standard InChI is InChI=1S/C9H11N3O/c1-3-7-12(4-2)9(13)8-5-6-10-11-8/h1,5-6H,4,7H2,2H3,(H,10,11). The van der Waals surface area contributed by atoms with Crippen LogP contribution in [0.15, 0.2) is 12.3 Å². The van der Waals surface area contributed by atoms with Crippen molar-refractivity contribution in [3.05, 3.63) is 18.0 Å². The number of aromatic amines is 1. The third-order valence-corrected chi connectivity index (χ3v) is 1.68. The normalized spacial score (nSPS) is 9.23. The topological polar surface area (TPSA) is 49.0 Å².